The van der Waals surface area contributed by atoms with E-state index in [2.05, 4.69) is 5.32 Å². The van der Waals surface area contributed by atoms with Gasteiger partial charge in [0, 0.05) is 12.0 Å². The quantitative estimate of drug-likeness (QED) is 0.810. The number of hydrogen-bond donors (Lipinski definition) is 2. The first kappa shape index (κ1) is 18.6. The van der Waals surface area contributed by atoms with Gasteiger partial charge in [-0.15, -0.1) is 0 Å². The molecule has 142 valence electrons. The number of ether oxygens (including phenoxy) is 3. The average Bonchev–Trinajstić information content (AvgIpc) is 3.13. The van der Waals surface area contributed by atoms with E-state index in [1.54, 1.807) is 37.3 Å². The minimum Gasteiger partial charge on any atom is -0.493 e. The topological polar surface area (TPSA) is 94.1 Å². The molecule has 2 aromatic rings. The lowest BCUT2D eigenvalue weighted by atomic mass is 10.0. The summed E-state index contributed by atoms with van der Waals surface area (Å²) < 4.78 is 15.9. The molecule has 1 amide bonds. The van der Waals surface area contributed by atoms with Gasteiger partial charge in [-0.3, -0.25) is 4.79 Å². The normalized spacial score (nSPS) is 13.3. The van der Waals surface area contributed by atoms with Crippen molar-refractivity contribution in [2.24, 2.45) is 0 Å². The van der Waals surface area contributed by atoms with Crippen LogP contribution in [0.1, 0.15) is 33.1 Å². The van der Waals surface area contributed by atoms with E-state index in [9.17, 15) is 14.7 Å². The zero-order valence-corrected chi connectivity index (χ0v) is 15.4. The van der Waals surface area contributed by atoms with Crippen LogP contribution in [-0.2, 0) is 11.2 Å². The molecule has 0 aliphatic carbocycles. The van der Waals surface area contributed by atoms with Gasteiger partial charge in [0.15, 0.2) is 17.5 Å². The molecule has 7 nitrogen and oxygen atoms in total. The largest absolute Gasteiger partial charge is 0.493 e. The van der Waals surface area contributed by atoms with Gasteiger partial charge in [0.05, 0.1) is 20.8 Å². The maximum Gasteiger partial charge on any atom is 0.330 e. The zero-order valence-electron chi connectivity index (χ0n) is 15.4. The van der Waals surface area contributed by atoms with Gasteiger partial charge in [0.25, 0.3) is 5.91 Å². The molecular formula is C20H21NO6. The van der Waals surface area contributed by atoms with Crippen LogP contribution in [-0.4, -0.2) is 37.8 Å². The maximum absolute atomic E-state index is 12.8. The number of aryl methyl sites for hydroxylation is 1. The van der Waals surface area contributed by atoms with Crippen LogP contribution in [0, 0.1) is 6.92 Å². The molecule has 1 heterocycles. The third kappa shape index (κ3) is 3.67. The van der Waals surface area contributed by atoms with Gasteiger partial charge in [-0.1, -0.05) is 6.07 Å². The van der Waals surface area contributed by atoms with E-state index in [-0.39, 0.29) is 0 Å². The van der Waals surface area contributed by atoms with Crippen LogP contribution in [0.2, 0.25) is 0 Å². The molecule has 0 aromatic heterocycles. The second-order valence-electron chi connectivity index (χ2n) is 6.23. The first-order valence-corrected chi connectivity index (χ1v) is 8.46. The highest BCUT2D eigenvalue weighted by atomic mass is 16.5. The highest BCUT2D eigenvalue weighted by molar-refractivity contribution is 5.98. The van der Waals surface area contributed by atoms with Crippen molar-refractivity contribution < 1.29 is 28.9 Å². The third-order valence-electron chi connectivity index (χ3n) is 4.54. The smallest absolute Gasteiger partial charge is 0.330 e. The monoisotopic (exact) mass is 371 g/mol. The molecule has 0 saturated carbocycles. The maximum atomic E-state index is 12.8. The number of benzene rings is 2. The summed E-state index contributed by atoms with van der Waals surface area (Å²) >= 11 is 0. The standard InChI is InChI=1S/C20H21NO6/c1-11-8-16(25-2)17(26-3)10-14(11)19(22)21-18(20(23)24)13-4-5-15-12(9-13)6-7-27-15/h4-5,8-10,18H,6-7H2,1-3H3,(H,21,22)(H,23,24). The van der Waals surface area contributed by atoms with Crippen molar-refractivity contribution in [2.45, 2.75) is 19.4 Å². The molecule has 2 aromatic carbocycles. The van der Waals surface area contributed by atoms with Gasteiger partial charge < -0.3 is 24.6 Å². The second kappa shape index (κ2) is 7.57. The molecule has 1 aliphatic rings. The lowest BCUT2D eigenvalue weighted by Gasteiger charge is -2.18. The molecule has 1 atom stereocenters. The Morgan fingerprint density at radius 3 is 2.52 bits per heavy atom. The van der Waals surface area contributed by atoms with Crippen molar-refractivity contribution in [3.8, 4) is 17.2 Å². The molecule has 1 unspecified atom stereocenters. The predicted octanol–water partition coefficient (Wildman–Crippen LogP) is 2.50. The predicted molar refractivity (Wildman–Crippen MR) is 97.8 cm³/mol. The summed E-state index contributed by atoms with van der Waals surface area (Å²) in [6.45, 7) is 2.33. The Kier molecular flexibility index (Phi) is 5.21. The Morgan fingerprint density at radius 2 is 1.85 bits per heavy atom. The van der Waals surface area contributed by atoms with Gasteiger partial charge in [-0.2, -0.15) is 0 Å². The molecule has 0 fully saturated rings. The number of carbonyl (C=O) groups is 2. The van der Waals surface area contributed by atoms with Gasteiger partial charge in [0.1, 0.15) is 5.75 Å². The van der Waals surface area contributed by atoms with Crippen LogP contribution in [0.3, 0.4) is 0 Å². The van der Waals surface area contributed by atoms with Crippen molar-refractivity contribution in [2.75, 3.05) is 20.8 Å². The number of nitrogens with one attached hydrogen (secondary N) is 1. The Balaban J connectivity index is 1.89. The van der Waals surface area contributed by atoms with Crippen LogP contribution in [0.25, 0.3) is 0 Å². The number of aliphatic carboxylic acids is 1. The molecule has 1 aliphatic heterocycles. The first-order chi connectivity index (χ1) is 12.9. The van der Waals surface area contributed by atoms with Crippen LogP contribution in [0.4, 0.5) is 0 Å². The molecule has 0 radical (unpaired) electrons. The van der Waals surface area contributed by atoms with Crippen LogP contribution in [0.15, 0.2) is 30.3 Å². The second-order valence-corrected chi connectivity index (χ2v) is 6.23. The number of methoxy groups -OCH3 is 2. The van der Waals surface area contributed by atoms with E-state index in [0.717, 1.165) is 17.7 Å². The van der Waals surface area contributed by atoms with E-state index in [1.165, 1.54) is 14.2 Å². The fourth-order valence-electron chi connectivity index (χ4n) is 3.11. The Labute approximate surface area is 156 Å². The SMILES string of the molecule is COc1cc(C)c(C(=O)NC(C(=O)O)c2ccc3c(c2)CCO3)cc1OC. The third-order valence-corrected chi connectivity index (χ3v) is 4.54. The molecule has 2 N–H and O–H groups in total. The molecule has 0 bridgehead atoms. The molecule has 27 heavy (non-hydrogen) atoms. The summed E-state index contributed by atoms with van der Waals surface area (Å²) in [7, 11) is 2.98. The number of amides is 1. The minimum atomic E-state index is -1.17. The number of hydrogen-bond acceptors (Lipinski definition) is 5. The summed E-state index contributed by atoms with van der Waals surface area (Å²) in [6, 6.07) is 7.21. The van der Waals surface area contributed by atoms with Crippen molar-refractivity contribution in [1.82, 2.24) is 5.32 Å². The van der Waals surface area contributed by atoms with E-state index in [0.29, 0.717) is 34.8 Å². The number of carbonyl (C=O) groups excluding carboxylic acids is 1. The summed E-state index contributed by atoms with van der Waals surface area (Å²) in [5.41, 5.74) is 2.41. The first-order valence-electron chi connectivity index (χ1n) is 8.46. The molecule has 0 saturated heterocycles. The lowest BCUT2D eigenvalue weighted by molar-refractivity contribution is -0.139. The summed E-state index contributed by atoms with van der Waals surface area (Å²) in [4.78, 5) is 24.5. The van der Waals surface area contributed by atoms with E-state index in [1.807, 2.05) is 0 Å². The van der Waals surface area contributed by atoms with Gasteiger partial charge in [-0.25, -0.2) is 4.79 Å². The lowest BCUT2D eigenvalue weighted by Crippen LogP contribution is -2.34. The van der Waals surface area contributed by atoms with E-state index in [4.69, 9.17) is 14.2 Å². The van der Waals surface area contributed by atoms with Crippen molar-refractivity contribution in [1.29, 1.82) is 0 Å². The Hall–Kier alpha value is -3.22. The average molecular weight is 371 g/mol. The van der Waals surface area contributed by atoms with Crippen molar-refractivity contribution in [3.05, 3.63) is 52.6 Å². The zero-order chi connectivity index (χ0) is 19.6. The van der Waals surface area contributed by atoms with Crippen molar-refractivity contribution in [3.63, 3.8) is 0 Å². The molecular weight excluding hydrogens is 350 g/mol. The Bertz CT molecular complexity index is 892. The van der Waals surface area contributed by atoms with Crippen molar-refractivity contribution >= 4 is 11.9 Å². The fraction of sp³-hybridized carbons (Fsp3) is 0.300. The van der Waals surface area contributed by atoms with Crippen LogP contribution < -0.4 is 19.5 Å². The van der Waals surface area contributed by atoms with E-state index >= 15 is 0 Å². The Morgan fingerprint density at radius 1 is 1.15 bits per heavy atom. The summed E-state index contributed by atoms with van der Waals surface area (Å²) in [5, 5.41) is 12.2. The fourth-order valence-corrected chi connectivity index (χ4v) is 3.11. The number of fused-ring (bicyclic) bond motifs is 1. The number of rotatable bonds is 6. The van der Waals surface area contributed by atoms with Gasteiger partial charge in [-0.05, 0) is 47.9 Å². The van der Waals surface area contributed by atoms with E-state index < -0.39 is 17.9 Å². The van der Waals surface area contributed by atoms with Gasteiger partial charge in [0.2, 0.25) is 0 Å². The van der Waals surface area contributed by atoms with Crippen LogP contribution >= 0.6 is 0 Å². The highest BCUT2D eigenvalue weighted by Gasteiger charge is 2.26. The van der Waals surface area contributed by atoms with Crippen LogP contribution in [0.5, 0.6) is 17.2 Å². The number of carboxylic acid groups (broad SMARTS) is 1. The van der Waals surface area contributed by atoms with Gasteiger partial charge >= 0.3 is 5.97 Å². The highest BCUT2D eigenvalue weighted by Crippen LogP contribution is 2.31. The summed E-state index contributed by atoms with van der Waals surface area (Å²) in [6.07, 6.45) is 0.720. The summed E-state index contributed by atoms with van der Waals surface area (Å²) in [5.74, 6) is 0.0117. The molecule has 0 spiro atoms. The molecule has 3 rings (SSSR count). The number of carboxylic acids is 1. The minimum absolute atomic E-state index is 0.323. The molecule has 7 heteroatoms.